The van der Waals surface area contributed by atoms with Gasteiger partial charge in [0.25, 0.3) is 0 Å². The fourth-order valence-corrected chi connectivity index (χ4v) is 2.36. The molecule has 0 amide bonds. The summed E-state index contributed by atoms with van der Waals surface area (Å²) < 4.78 is 5.75. The molecule has 1 aliphatic rings. The Balaban J connectivity index is 1.71. The van der Waals surface area contributed by atoms with Crippen molar-refractivity contribution >= 4 is 0 Å². The molecule has 1 heterocycles. The standard InChI is InChI=1S/C15H16N2O/c16-15-7-4-11-9-13(5-6-14(11)15)18-10-12-3-1-2-8-17-12/h1-3,5-6,8-9,15H,4,7,10,16H2/t15-/m0/s1. The monoisotopic (exact) mass is 240 g/mol. The molecule has 2 N–H and O–H groups in total. The Morgan fingerprint density at radius 1 is 1.28 bits per heavy atom. The highest BCUT2D eigenvalue weighted by molar-refractivity contribution is 5.40. The lowest BCUT2D eigenvalue weighted by molar-refractivity contribution is 0.301. The summed E-state index contributed by atoms with van der Waals surface area (Å²) in [5.74, 6) is 0.897. The molecule has 1 atom stereocenters. The largest absolute Gasteiger partial charge is 0.487 e. The van der Waals surface area contributed by atoms with E-state index < -0.39 is 0 Å². The molecule has 3 heteroatoms. The van der Waals surface area contributed by atoms with Gasteiger partial charge in [0, 0.05) is 12.2 Å². The summed E-state index contributed by atoms with van der Waals surface area (Å²) in [5.41, 5.74) is 9.53. The van der Waals surface area contributed by atoms with Gasteiger partial charge in [-0.05, 0) is 48.2 Å². The van der Waals surface area contributed by atoms with Crippen molar-refractivity contribution in [2.45, 2.75) is 25.5 Å². The van der Waals surface area contributed by atoms with Gasteiger partial charge in [0.1, 0.15) is 12.4 Å². The zero-order chi connectivity index (χ0) is 12.4. The maximum Gasteiger partial charge on any atom is 0.130 e. The van der Waals surface area contributed by atoms with Crippen LogP contribution < -0.4 is 10.5 Å². The van der Waals surface area contributed by atoms with Crippen molar-refractivity contribution in [3.8, 4) is 5.75 Å². The molecule has 0 bridgehead atoms. The van der Waals surface area contributed by atoms with Crippen molar-refractivity contribution in [3.05, 3.63) is 59.4 Å². The first-order valence-electron chi connectivity index (χ1n) is 6.24. The van der Waals surface area contributed by atoms with Gasteiger partial charge in [0.05, 0.1) is 5.69 Å². The first-order valence-corrected chi connectivity index (χ1v) is 6.24. The number of hydrogen-bond donors (Lipinski definition) is 1. The number of hydrogen-bond acceptors (Lipinski definition) is 3. The van der Waals surface area contributed by atoms with Gasteiger partial charge >= 0.3 is 0 Å². The summed E-state index contributed by atoms with van der Waals surface area (Å²) in [6, 6.07) is 12.2. The molecular weight excluding hydrogens is 224 g/mol. The fraction of sp³-hybridized carbons (Fsp3) is 0.267. The van der Waals surface area contributed by atoms with Gasteiger partial charge in [-0.2, -0.15) is 0 Å². The number of aromatic nitrogens is 1. The SMILES string of the molecule is N[C@H]1CCc2cc(OCc3ccccn3)ccc21. The average Bonchev–Trinajstić information content (AvgIpc) is 2.79. The van der Waals surface area contributed by atoms with Crippen LogP contribution in [0.25, 0.3) is 0 Å². The van der Waals surface area contributed by atoms with Crippen LogP contribution in [0, 0.1) is 0 Å². The van der Waals surface area contributed by atoms with Crippen LogP contribution in [0.4, 0.5) is 0 Å². The van der Waals surface area contributed by atoms with E-state index in [1.165, 1.54) is 11.1 Å². The van der Waals surface area contributed by atoms with E-state index in [-0.39, 0.29) is 6.04 Å². The maximum atomic E-state index is 6.01. The number of nitrogens with two attached hydrogens (primary N) is 1. The summed E-state index contributed by atoms with van der Waals surface area (Å²) >= 11 is 0. The van der Waals surface area contributed by atoms with Gasteiger partial charge < -0.3 is 10.5 Å². The molecule has 3 rings (SSSR count). The summed E-state index contributed by atoms with van der Waals surface area (Å²) in [7, 11) is 0. The molecule has 0 saturated carbocycles. The highest BCUT2D eigenvalue weighted by atomic mass is 16.5. The van der Waals surface area contributed by atoms with Gasteiger partial charge in [-0.3, -0.25) is 4.98 Å². The van der Waals surface area contributed by atoms with E-state index in [4.69, 9.17) is 10.5 Å². The number of fused-ring (bicyclic) bond motifs is 1. The smallest absolute Gasteiger partial charge is 0.130 e. The lowest BCUT2D eigenvalue weighted by atomic mass is 10.1. The molecule has 1 aromatic heterocycles. The Morgan fingerprint density at radius 2 is 2.22 bits per heavy atom. The topological polar surface area (TPSA) is 48.1 Å². The number of aryl methyl sites for hydroxylation is 1. The van der Waals surface area contributed by atoms with Crippen LogP contribution in [-0.4, -0.2) is 4.98 Å². The lowest BCUT2D eigenvalue weighted by Gasteiger charge is -2.09. The van der Waals surface area contributed by atoms with E-state index in [1.807, 2.05) is 24.3 Å². The number of nitrogens with zero attached hydrogens (tertiary/aromatic N) is 1. The average molecular weight is 240 g/mol. The fourth-order valence-electron chi connectivity index (χ4n) is 2.36. The highest BCUT2D eigenvalue weighted by Gasteiger charge is 2.18. The minimum Gasteiger partial charge on any atom is -0.487 e. The van der Waals surface area contributed by atoms with Crippen molar-refractivity contribution < 1.29 is 4.74 Å². The van der Waals surface area contributed by atoms with Crippen LogP contribution >= 0.6 is 0 Å². The van der Waals surface area contributed by atoms with Crippen molar-refractivity contribution in [2.24, 2.45) is 5.73 Å². The van der Waals surface area contributed by atoms with Crippen LogP contribution in [-0.2, 0) is 13.0 Å². The van der Waals surface area contributed by atoms with Crippen LogP contribution in [0.2, 0.25) is 0 Å². The summed E-state index contributed by atoms with van der Waals surface area (Å²) in [6.07, 6.45) is 3.87. The third-order valence-corrected chi connectivity index (χ3v) is 3.35. The molecular formula is C15H16N2O. The predicted octanol–water partition coefficient (Wildman–Crippen LogP) is 2.61. The van der Waals surface area contributed by atoms with Crippen molar-refractivity contribution in [1.82, 2.24) is 4.98 Å². The normalized spacial score (nSPS) is 17.5. The van der Waals surface area contributed by atoms with Crippen molar-refractivity contribution in [3.63, 3.8) is 0 Å². The Kier molecular flexibility index (Phi) is 2.99. The van der Waals surface area contributed by atoms with Gasteiger partial charge in [0.15, 0.2) is 0 Å². The van der Waals surface area contributed by atoms with Gasteiger partial charge in [-0.1, -0.05) is 12.1 Å². The second kappa shape index (κ2) is 4.78. The Morgan fingerprint density at radius 3 is 3.06 bits per heavy atom. The second-order valence-electron chi connectivity index (χ2n) is 4.62. The third-order valence-electron chi connectivity index (χ3n) is 3.35. The molecule has 0 unspecified atom stereocenters. The molecule has 0 aliphatic heterocycles. The summed E-state index contributed by atoms with van der Waals surface area (Å²) in [6.45, 7) is 0.506. The zero-order valence-corrected chi connectivity index (χ0v) is 10.2. The van der Waals surface area contributed by atoms with Crippen molar-refractivity contribution in [1.29, 1.82) is 0 Å². The van der Waals surface area contributed by atoms with Crippen LogP contribution in [0.3, 0.4) is 0 Å². The molecule has 0 spiro atoms. The molecule has 1 aliphatic carbocycles. The predicted molar refractivity (Wildman–Crippen MR) is 70.3 cm³/mol. The van der Waals surface area contributed by atoms with E-state index in [2.05, 4.69) is 17.1 Å². The maximum absolute atomic E-state index is 6.01. The Hall–Kier alpha value is -1.87. The van der Waals surface area contributed by atoms with E-state index in [1.54, 1.807) is 6.20 Å². The van der Waals surface area contributed by atoms with Crippen LogP contribution in [0.15, 0.2) is 42.6 Å². The molecule has 0 saturated heterocycles. The number of ether oxygens (including phenoxy) is 1. The van der Waals surface area contributed by atoms with Gasteiger partial charge in [-0.25, -0.2) is 0 Å². The zero-order valence-electron chi connectivity index (χ0n) is 10.2. The molecule has 92 valence electrons. The lowest BCUT2D eigenvalue weighted by Crippen LogP contribution is -2.05. The Bertz CT molecular complexity index is 539. The third kappa shape index (κ3) is 2.22. The molecule has 0 fully saturated rings. The first kappa shape index (κ1) is 11.2. The van der Waals surface area contributed by atoms with E-state index >= 15 is 0 Å². The first-order chi connectivity index (χ1) is 8.83. The quantitative estimate of drug-likeness (QED) is 0.897. The summed E-state index contributed by atoms with van der Waals surface area (Å²) in [5, 5.41) is 0. The van der Waals surface area contributed by atoms with Crippen LogP contribution in [0.1, 0.15) is 29.3 Å². The molecule has 18 heavy (non-hydrogen) atoms. The molecule has 1 aromatic carbocycles. The minimum absolute atomic E-state index is 0.199. The minimum atomic E-state index is 0.199. The van der Waals surface area contributed by atoms with E-state index in [0.717, 1.165) is 24.3 Å². The number of benzene rings is 1. The molecule has 2 aromatic rings. The van der Waals surface area contributed by atoms with Gasteiger partial charge in [-0.15, -0.1) is 0 Å². The van der Waals surface area contributed by atoms with E-state index in [9.17, 15) is 0 Å². The molecule has 0 radical (unpaired) electrons. The highest BCUT2D eigenvalue weighted by Crippen LogP contribution is 2.31. The Labute approximate surface area is 107 Å². The van der Waals surface area contributed by atoms with E-state index in [0.29, 0.717) is 6.61 Å². The number of pyridine rings is 1. The summed E-state index contributed by atoms with van der Waals surface area (Å²) in [4.78, 5) is 4.23. The second-order valence-corrected chi connectivity index (χ2v) is 4.62. The van der Waals surface area contributed by atoms with Gasteiger partial charge in [0.2, 0.25) is 0 Å². The van der Waals surface area contributed by atoms with Crippen LogP contribution in [0.5, 0.6) is 5.75 Å². The number of rotatable bonds is 3. The van der Waals surface area contributed by atoms with Crippen molar-refractivity contribution in [2.75, 3.05) is 0 Å². The molecule has 3 nitrogen and oxygen atoms in total.